The fourth-order valence-electron chi connectivity index (χ4n) is 1.29. The van der Waals surface area contributed by atoms with Gasteiger partial charge in [-0.05, 0) is 17.4 Å². The van der Waals surface area contributed by atoms with Crippen molar-refractivity contribution < 1.29 is 9.90 Å². The van der Waals surface area contributed by atoms with Crippen LogP contribution in [-0.4, -0.2) is 41.1 Å². The standard InChI is InChI=1S/C8H10N6O2/c1-5(8(15)16)14-7(10-11-12-14)6-3-9-13(2)4-6/h3-5H,1-2H3,(H,15,16). The summed E-state index contributed by atoms with van der Waals surface area (Å²) in [5.41, 5.74) is 0.681. The van der Waals surface area contributed by atoms with E-state index < -0.39 is 12.0 Å². The first-order valence-corrected chi connectivity index (χ1v) is 4.59. The van der Waals surface area contributed by atoms with Crippen LogP contribution in [0.25, 0.3) is 11.4 Å². The van der Waals surface area contributed by atoms with E-state index in [2.05, 4.69) is 20.6 Å². The van der Waals surface area contributed by atoms with Crippen LogP contribution in [0.1, 0.15) is 13.0 Å². The van der Waals surface area contributed by atoms with Crippen molar-refractivity contribution in [3.05, 3.63) is 12.4 Å². The minimum absolute atomic E-state index is 0.392. The molecule has 0 fully saturated rings. The minimum Gasteiger partial charge on any atom is -0.480 e. The first kappa shape index (κ1) is 10.3. The van der Waals surface area contributed by atoms with Gasteiger partial charge < -0.3 is 5.11 Å². The summed E-state index contributed by atoms with van der Waals surface area (Å²) in [6.45, 7) is 1.51. The van der Waals surface area contributed by atoms with E-state index in [1.165, 1.54) is 11.6 Å². The molecule has 84 valence electrons. The molecule has 16 heavy (non-hydrogen) atoms. The molecule has 0 saturated heterocycles. The maximum absolute atomic E-state index is 10.8. The molecule has 0 bridgehead atoms. The molecular weight excluding hydrogens is 212 g/mol. The number of rotatable bonds is 3. The summed E-state index contributed by atoms with van der Waals surface area (Å²) in [6.07, 6.45) is 3.30. The van der Waals surface area contributed by atoms with E-state index >= 15 is 0 Å². The molecule has 8 heteroatoms. The molecule has 0 aliphatic carbocycles. The van der Waals surface area contributed by atoms with E-state index in [0.29, 0.717) is 11.4 Å². The molecule has 2 rings (SSSR count). The van der Waals surface area contributed by atoms with Crippen LogP contribution in [0.2, 0.25) is 0 Å². The van der Waals surface area contributed by atoms with Gasteiger partial charge in [0.05, 0.1) is 11.8 Å². The molecule has 2 aromatic rings. The normalized spacial score (nSPS) is 12.6. The molecule has 0 aliphatic rings. The summed E-state index contributed by atoms with van der Waals surface area (Å²) < 4.78 is 2.85. The highest BCUT2D eigenvalue weighted by Gasteiger charge is 2.20. The van der Waals surface area contributed by atoms with Crippen LogP contribution in [0.15, 0.2) is 12.4 Å². The van der Waals surface area contributed by atoms with Gasteiger partial charge in [-0.3, -0.25) is 4.68 Å². The van der Waals surface area contributed by atoms with E-state index in [1.807, 2.05) is 0 Å². The van der Waals surface area contributed by atoms with Crippen LogP contribution < -0.4 is 0 Å². The number of hydrogen-bond acceptors (Lipinski definition) is 5. The van der Waals surface area contributed by atoms with Gasteiger partial charge in [-0.2, -0.15) is 5.10 Å². The zero-order valence-corrected chi connectivity index (χ0v) is 8.77. The van der Waals surface area contributed by atoms with Crippen LogP contribution >= 0.6 is 0 Å². The average Bonchev–Trinajstić information content (AvgIpc) is 2.83. The number of nitrogens with zero attached hydrogens (tertiary/aromatic N) is 6. The lowest BCUT2D eigenvalue weighted by atomic mass is 10.3. The van der Waals surface area contributed by atoms with Crippen molar-refractivity contribution in [3.63, 3.8) is 0 Å². The molecule has 2 aromatic heterocycles. The molecule has 0 spiro atoms. The van der Waals surface area contributed by atoms with Crippen molar-refractivity contribution in [2.75, 3.05) is 0 Å². The molecule has 1 N–H and O–H groups in total. The van der Waals surface area contributed by atoms with E-state index in [9.17, 15) is 4.79 Å². The van der Waals surface area contributed by atoms with E-state index in [1.54, 1.807) is 24.1 Å². The second-order valence-electron chi connectivity index (χ2n) is 3.36. The monoisotopic (exact) mass is 222 g/mol. The van der Waals surface area contributed by atoms with Crippen LogP contribution in [0.4, 0.5) is 0 Å². The highest BCUT2D eigenvalue weighted by molar-refractivity contribution is 5.72. The molecule has 8 nitrogen and oxygen atoms in total. The van der Waals surface area contributed by atoms with Crippen molar-refractivity contribution in [2.45, 2.75) is 13.0 Å². The Balaban J connectivity index is 2.43. The van der Waals surface area contributed by atoms with E-state index in [4.69, 9.17) is 5.11 Å². The van der Waals surface area contributed by atoms with Crippen molar-refractivity contribution in [1.29, 1.82) is 0 Å². The number of aromatic nitrogens is 6. The third kappa shape index (κ3) is 1.64. The molecule has 0 amide bonds. The van der Waals surface area contributed by atoms with Crippen LogP contribution in [0.3, 0.4) is 0 Å². The van der Waals surface area contributed by atoms with Gasteiger partial charge in [-0.1, -0.05) is 0 Å². The lowest BCUT2D eigenvalue weighted by Crippen LogP contribution is -2.17. The van der Waals surface area contributed by atoms with Gasteiger partial charge in [0.1, 0.15) is 0 Å². The van der Waals surface area contributed by atoms with Gasteiger partial charge in [0.15, 0.2) is 11.9 Å². The predicted octanol–water partition coefficient (Wildman–Crippen LogP) is -0.281. The number of carboxylic acids is 1. The lowest BCUT2D eigenvalue weighted by Gasteiger charge is -2.06. The highest BCUT2D eigenvalue weighted by atomic mass is 16.4. The number of aryl methyl sites for hydroxylation is 1. The Morgan fingerprint density at radius 1 is 1.56 bits per heavy atom. The lowest BCUT2D eigenvalue weighted by molar-refractivity contribution is -0.140. The second kappa shape index (κ2) is 3.72. The van der Waals surface area contributed by atoms with Gasteiger partial charge in [-0.15, -0.1) is 5.10 Å². The zero-order chi connectivity index (χ0) is 11.7. The van der Waals surface area contributed by atoms with Crippen LogP contribution in [0, 0.1) is 0 Å². The number of carbonyl (C=O) groups is 1. The summed E-state index contributed by atoms with van der Waals surface area (Å²) in [4.78, 5) is 10.8. The summed E-state index contributed by atoms with van der Waals surface area (Å²) in [6, 6.07) is -0.815. The second-order valence-corrected chi connectivity index (χ2v) is 3.36. The molecule has 0 radical (unpaired) electrons. The average molecular weight is 222 g/mol. The SMILES string of the molecule is CC(C(=O)O)n1nnnc1-c1cnn(C)c1. The number of aliphatic carboxylic acids is 1. The maximum atomic E-state index is 10.8. The Morgan fingerprint density at radius 2 is 2.31 bits per heavy atom. The summed E-state index contributed by atoms with van der Waals surface area (Å²) in [5, 5.41) is 23.8. The smallest absolute Gasteiger partial charge is 0.328 e. The number of tetrazole rings is 1. The minimum atomic E-state index is -0.988. The van der Waals surface area contributed by atoms with Crippen molar-refractivity contribution in [2.24, 2.45) is 7.05 Å². The van der Waals surface area contributed by atoms with Crippen molar-refractivity contribution in [1.82, 2.24) is 30.0 Å². The summed E-state index contributed by atoms with van der Waals surface area (Å²) >= 11 is 0. The molecule has 0 saturated carbocycles. The Morgan fingerprint density at radius 3 is 2.88 bits per heavy atom. The van der Waals surface area contributed by atoms with Crippen LogP contribution in [0.5, 0.6) is 0 Å². The zero-order valence-electron chi connectivity index (χ0n) is 8.77. The maximum Gasteiger partial charge on any atom is 0.328 e. The van der Waals surface area contributed by atoms with E-state index in [-0.39, 0.29) is 0 Å². The van der Waals surface area contributed by atoms with Crippen LogP contribution in [-0.2, 0) is 11.8 Å². The summed E-state index contributed by atoms with van der Waals surface area (Å²) in [5.74, 6) is -0.597. The van der Waals surface area contributed by atoms with Crippen molar-refractivity contribution in [3.8, 4) is 11.4 Å². The first-order chi connectivity index (χ1) is 7.59. The topological polar surface area (TPSA) is 98.7 Å². The molecule has 0 aromatic carbocycles. The van der Waals surface area contributed by atoms with Gasteiger partial charge in [-0.25, -0.2) is 9.48 Å². The first-order valence-electron chi connectivity index (χ1n) is 4.59. The Labute approximate surface area is 90.5 Å². The quantitative estimate of drug-likeness (QED) is 0.766. The molecule has 2 heterocycles. The molecule has 1 unspecified atom stereocenters. The largest absolute Gasteiger partial charge is 0.480 e. The number of hydrogen-bond donors (Lipinski definition) is 1. The number of carboxylic acid groups (broad SMARTS) is 1. The van der Waals surface area contributed by atoms with Gasteiger partial charge in [0.2, 0.25) is 0 Å². The van der Waals surface area contributed by atoms with Crippen molar-refractivity contribution >= 4 is 5.97 Å². The molecule has 1 atom stereocenters. The van der Waals surface area contributed by atoms with Gasteiger partial charge in [0, 0.05) is 13.2 Å². The van der Waals surface area contributed by atoms with E-state index in [0.717, 1.165) is 0 Å². The fourth-order valence-corrected chi connectivity index (χ4v) is 1.29. The fraction of sp³-hybridized carbons (Fsp3) is 0.375. The molecular formula is C8H10N6O2. The predicted molar refractivity (Wildman–Crippen MR) is 52.4 cm³/mol. The summed E-state index contributed by atoms with van der Waals surface area (Å²) in [7, 11) is 1.76. The highest BCUT2D eigenvalue weighted by Crippen LogP contribution is 2.17. The Kier molecular flexibility index (Phi) is 2.39. The van der Waals surface area contributed by atoms with Gasteiger partial charge in [0.25, 0.3) is 0 Å². The third-order valence-electron chi connectivity index (χ3n) is 2.18. The third-order valence-corrected chi connectivity index (χ3v) is 2.18. The van der Waals surface area contributed by atoms with Gasteiger partial charge >= 0.3 is 5.97 Å². The Hall–Kier alpha value is -2.25. The molecule has 0 aliphatic heterocycles. The Bertz CT molecular complexity index is 516.